The number of rotatable bonds is 3. The molecule has 6 heteroatoms. The molecule has 0 aliphatic heterocycles. The van der Waals surface area contributed by atoms with Gasteiger partial charge in [-0.05, 0) is 40.5 Å². The lowest BCUT2D eigenvalue weighted by Gasteiger charge is -2.10. The Hall–Kier alpha value is 0.390. The zero-order valence-corrected chi connectivity index (χ0v) is 14.4. The fourth-order valence-corrected chi connectivity index (χ4v) is 4.23. The van der Waals surface area contributed by atoms with Crippen LogP contribution in [0.1, 0.15) is 15.3 Å². The highest BCUT2D eigenvalue weighted by Gasteiger charge is 2.17. The lowest BCUT2D eigenvalue weighted by molar-refractivity contribution is 0.609. The van der Waals surface area contributed by atoms with Gasteiger partial charge in [0, 0.05) is 15.5 Å². The Morgan fingerprint density at radius 3 is 2.56 bits per heavy atom. The third-order valence-corrected chi connectivity index (χ3v) is 6.48. The highest BCUT2D eigenvalue weighted by Crippen LogP contribution is 2.40. The minimum atomic E-state index is -0.284. The fraction of sp³-hybridized carbons (Fsp3) is 0.167. The summed E-state index contributed by atoms with van der Waals surface area (Å²) in [5, 5.41) is 1.11. The third kappa shape index (κ3) is 3.28. The van der Waals surface area contributed by atoms with Crippen molar-refractivity contribution in [1.29, 1.82) is 0 Å². The van der Waals surface area contributed by atoms with Gasteiger partial charge in [0.2, 0.25) is 0 Å². The molecule has 2 rings (SSSR count). The van der Waals surface area contributed by atoms with Gasteiger partial charge in [-0.1, -0.05) is 45.2 Å². The molecule has 0 saturated carbocycles. The maximum atomic E-state index is 13.7. The van der Waals surface area contributed by atoms with Gasteiger partial charge in [-0.15, -0.1) is 11.3 Å². The molecular weight excluding hydrogens is 426 g/mol. The largest absolute Gasteiger partial charge is 0.207 e. The van der Waals surface area contributed by atoms with Gasteiger partial charge in [0.05, 0.1) is 13.6 Å². The van der Waals surface area contributed by atoms with E-state index in [2.05, 4.69) is 31.9 Å². The molecule has 1 heterocycles. The predicted molar refractivity (Wildman–Crippen MR) is 83.8 cm³/mol. The second-order valence-electron chi connectivity index (χ2n) is 3.64. The zero-order valence-electron chi connectivity index (χ0n) is 8.89. The van der Waals surface area contributed by atoms with Gasteiger partial charge >= 0.3 is 0 Å². The standard InChI is InChI=1S/C12H7Br2Cl2FS/c13-7(11-5-9(16)12(14)18-11)4-6-8(15)2-1-3-10(6)17/h1-3,5,7H,4H2. The molecule has 2 aromatic rings. The number of hydrogen-bond acceptors (Lipinski definition) is 1. The van der Waals surface area contributed by atoms with E-state index < -0.39 is 0 Å². The average molecular weight is 433 g/mol. The molecule has 1 aromatic heterocycles. The Morgan fingerprint density at radius 1 is 1.28 bits per heavy atom. The van der Waals surface area contributed by atoms with E-state index in [0.717, 1.165) is 8.66 Å². The van der Waals surface area contributed by atoms with Crippen molar-refractivity contribution in [1.82, 2.24) is 0 Å². The lowest BCUT2D eigenvalue weighted by atomic mass is 10.1. The van der Waals surface area contributed by atoms with Crippen LogP contribution in [0.5, 0.6) is 0 Å². The van der Waals surface area contributed by atoms with Crippen molar-refractivity contribution in [3.8, 4) is 0 Å². The van der Waals surface area contributed by atoms with Gasteiger partial charge in [-0.25, -0.2) is 4.39 Å². The van der Waals surface area contributed by atoms with Gasteiger partial charge in [0.1, 0.15) is 5.82 Å². The van der Waals surface area contributed by atoms with Crippen LogP contribution >= 0.6 is 66.4 Å². The van der Waals surface area contributed by atoms with E-state index in [4.69, 9.17) is 23.2 Å². The van der Waals surface area contributed by atoms with Crippen LogP contribution in [0.15, 0.2) is 28.1 Å². The smallest absolute Gasteiger partial charge is 0.127 e. The maximum absolute atomic E-state index is 13.7. The summed E-state index contributed by atoms with van der Waals surface area (Å²) in [6, 6.07) is 6.57. The summed E-state index contributed by atoms with van der Waals surface area (Å²) >= 11 is 20.4. The van der Waals surface area contributed by atoms with Crippen LogP contribution in [0.25, 0.3) is 0 Å². The van der Waals surface area contributed by atoms with Crippen LogP contribution in [0.3, 0.4) is 0 Å². The summed E-state index contributed by atoms with van der Waals surface area (Å²) in [5.74, 6) is -0.284. The summed E-state index contributed by atoms with van der Waals surface area (Å²) in [7, 11) is 0. The molecular formula is C12H7Br2Cl2FS. The van der Waals surface area contributed by atoms with Crippen molar-refractivity contribution in [3.05, 3.63) is 54.4 Å². The van der Waals surface area contributed by atoms with E-state index >= 15 is 0 Å². The first-order valence-electron chi connectivity index (χ1n) is 5.00. The number of thiophene rings is 1. The molecule has 18 heavy (non-hydrogen) atoms. The molecule has 0 bridgehead atoms. The lowest BCUT2D eigenvalue weighted by Crippen LogP contribution is -1.97. The molecule has 0 fully saturated rings. The first kappa shape index (κ1) is 14.8. The minimum absolute atomic E-state index is 0.0132. The van der Waals surface area contributed by atoms with E-state index in [9.17, 15) is 4.39 Å². The first-order chi connectivity index (χ1) is 8.49. The van der Waals surface area contributed by atoms with Crippen molar-refractivity contribution >= 4 is 66.4 Å². The van der Waals surface area contributed by atoms with Crippen molar-refractivity contribution in [2.24, 2.45) is 0 Å². The molecule has 0 aliphatic rings. The highest BCUT2D eigenvalue weighted by atomic mass is 79.9. The van der Waals surface area contributed by atoms with Crippen molar-refractivity contribution < 1.29 is 4.39 Å². The van der Waals surface area contributed by atoms with Gasteiger partial charge in [0.25, 0.3) is 0 Å². The second-order valence-corrected chi connectivity index (χ2v) is 7.96. The van der Waals surface area contributed by atoms with Crippen LogP contribution in [-0.4, -0.2) is 0 Å². The van der Waals surface area contributed by atoms with Gasteiger partial charge in [-0.3, -0.25) is 0 Å². The van der Waals surface area contributed by atoms with E-state index in [1.165, 1.54) is 17.4 Å². The zero-order chi connectivity index (χ0) is 13.3. The molecule has 0 N–H and O–H groups in total. The summed E-state index contributed by atoms with van der Waals surface area (Å²) in [5.41, 5.74) is 0.515. The van der Waals surface area contributed by atoms with Crippen molar-refractivity contribution in [3.63, 3.8) is 0 Å². The van der Waals surface area contributed by atoms with Crippen LogP contribution in [-0.2, 0) is 6.42 Å². The number of hydrogen-bond donors (Lipinski definition) is 0. The van der Waals surface area contributed by atoms with E-state index in [1.54, 1.807) is 12.1 Å². The topological polar surface area (TPSA) is 0 Å². The molecule has 1 atom stereocenters. The predicted octanol–water partition coefficient (Wildman–Crippen LogP) is 6.64. The van der Waals surface area contributed by atoms with E-state index in [1.807, 2.05) is 6.07 Å². The van der Waals surface area contributed by atoms with Crippen LogP contribution in [0.2, 0.25) is 10.0 Å². The second kappa shape index (κ2) is 6.23. The van der Waals surface area contributed by atoms with Crippen LogP contribution in [0.4, 0.5) is 4.39 Å². The van der Waals surface area contributed by atoms with Crippen LogP contribution < -0.4 is 0 Å². The average Bonchev–Trinajstić information content (AvgIpc) is 2.64. The number of benzene rings is 1. The Kier molecular flexibility index (Phi) is 5.12. The maximum Gasteiger partial charge on any atom is 0.127 e. The summed E-state index contributed by atoms with van der Waals surface area (Å²) < 4.78 is 14.6. The van der Waals surface area contributed by atoms with Crippen molar-refractivity contribution in [2.75, 3.05) is 0 Å². The fourth-order valence-electron chi connectivity index (χ4n) is 1.52. The molecule has 96 valence electrons. The molecule has 1 aromatic carbocycles. The molecule has 0 amide bonds. The molecule has 0 nitrogen and oxygen atoms in total. The van der Waals surface area contributed by atoms with E-state index in [0.29, 0.717) is 22.0 Å². The van der Waals surface area contributed by atoms with Gasteiger partial charge in [-0.2, -0.15) is 0 Å². The highest BCUT2D eigenvalue weighted by molar-refractivity contribution is 9.11. The Bertz CT molecular complexity index is 531. The summed E-state index contributed by atoms with van der Waals surface area (Å²) in [4.78, 5) is 1.02. The summed E-state index contributed by atoms with van der Waals surface area (Å²) in [6.45, 7) is 0. The van der Waals surface area contributed by atoms with E-state index in [-0.39, 0.29) is 10.6 Å². The summed E-state index contributed by atoms with van der Waals surface area (Å²) in [6.07, 6.45) is 0.481. The molecule has 0 radical (unpaired) electrons. The normalized spacial score (nSPS) is 12.7. The number of alkyl halides is 1. The molecule has 1 unspecified atom stereocenters. The van der Waals surface area contributed by atoms with Crippen molar-refractivity contribution in [2.45, 2.75) is 11.2 Å². The third-order valence-electron chi connectivity index (χ3n) is 2.42. The Morgan fingerprint density at radius 2 is 2.00 bits per heavy atom. The van der Waals surface area contributed by atoms with Gasteiger partial charge in [0.15, 0.2) is 0 Å². The molecule has 0 aliphatic carbocycles. The quantitative estimate of drug-likeness (QED) is 0.477. The van der Waals surface area contributed by atoms with Crippen LogP contribution in [0, 0.1) is 5.82 Å². The number of halogens is 5. The molecule has 0 spiro atoms. The molecule has 0 saturated heterocycles. The Balaban J connectivity index is 2.23. The first-order valence-corrected chi connectivity index (χ1v) is 8.29. The Labute approximate surface area is 135 Å². The SMILES string of the molecule is Fc1cccc(Cl)c1CC(Br)c1cc(Cl)c(Br)s1. The van der Waals surface area contributed by atoms with Gasteiger partial charge < -0.3 is 0 Å². The monoisotopic (exact) mass is 430 g/mol. The minimum Gasteiger partial charge on any atom is -0.207 e.